The Morgan fingerprint density at radius 2 is 2.10 bits per heavy atom. The zero-order valence-electron chi connectivity index (χ0n) is 11.3. The van der Waals surface area contributed by atoms with Crippen molar-refractivity contribution < 1.29 is 4.39 Å². The van der Waals surface area contributed by atoms with Gasteiger partial charge in [0.05, 0.1) is 5.52 Å². The molecule has 0 aliphatic rings. The fraction of sp³-hybridized carbons (Fsp3) is 0.200. The zero-order chi connectivity index (χ0) is 15.0. The second kappa shape index (κ2) is 5.69. The number of H-pyrrole nitrogens is 1. The van der Waals surface area contributed by atoms with Crippen LogP contribution in [0.25, 0.3) is 11.2 Å². The average molecular weight is 366 g/mol. The monoisotopic (exact) mass is 365 g/mol. The summed E-state index contributed by atoms with van der Waals surface area (Å²) in [5, 5.41) is 0. The number of pyridine rings is 1. The minimum atomic E-state index is -0.221. The summed E-state index contributed by atoms with van der Waals surface area (Å²) in [5.74, 6) is -0.221. The Labute approximate surface area is 135 Å². The number of hydrogen-bond acceptors (Lipinski definition) is 2. The van der Waals surface area contributed by atoms with E-state index in [2.05, 4.69) is 32.8 Å². The van der Waals surface area contributed by atoms with Crippen LogP contribution in [0.4, 0.5) is 4.39 Å². The Morgan fingerprint density at radius 3 is 2.81 bits per heavy atom. The van der Waals surface area contributed by atoms with E-state index < -0.39 is 0 Å². The largest absolute Gasteiger partial charge is 0.329 e. The predicted molar refractivity (Wildman–Crippen MR) is 87.4 cm³/mol. The molecule has 0 saturated heterocycles. The number of rotatable bonds is 3. The molecule has 1 unspecified atom stereocenters. The third-order valence-corrected chi connectivity index (χ3v) is 4.14. The number of aromatic nitrogens is 3. The number of fused-ring (bicyclic) bond motifs is 1. The first-order chi connectivity index (χ1) is 10.0. The molecule has 6 heteroatoms. The molecule has 1 N–H and O–H groups in total. The minimum Gasteiger partial charge on any atom is -0.329 e. The van der Waals surface area contributed by atoms with Gasteiger partial charge in [0.1, 0.15) is 5.82 Å². The molecule has 0 aliphatic carbocycles. The van der Waals surface area contributed by atoms with Crippen LogP contribution in [0.15, 0.2) is 41.0 Å². The molecular formula is C15H13BrFN3S. The van der Waals surface area contributed by atoms with Crippen molar-refractivity contribution in [1.29, 1.82) is 0 Å². The van der Waals surface area contributed by atoms with Gasteiger partial charge >= 0.3 is 0 Å². The highest BCUT2D eigenvalue weighted by Gasteiger charge is 2.13. The first-order valence-corrected chi connectivity index (χ1v) is 7.75. The average Bonchev–Trinajstić information content (AvgIpc) is 2.76. The lowest BCUT2D eigenvalue weighted by molar-refractivity contribution is 0.548. The van der Waals surface area contributed by atoms with Gasteiger partial charge in [-0.25, -0.2) is 9.37 Å². The van der Waals surface area contributed by atoms with E-state index in [1.165, 1.54) is 12.1 Å². The molecule has 0 spiro atoms. The van der Waals surface area contributed by atoms with Crippen LogP contribution in [0.1, 0.15) is 18.5 Å². The van der Waals surface area contributed by atoms with Crippen LogP contribution in [0.3, 0.4) is 0 Å². The number of imidazole rings is 1. The predicted octanol–water partition coefficient (Wildman–Crippen LogP) is 4.80. The van der Waals surface area contributed by atoms with E-state index >= 15 is 0 Å². The van der Waals surface area contributed by atoms with Gasteiger partial charge in [-0.2, -0.15) is 0 Å². The van der Waals surface area contributed by atoms with Crippen molar-refractivity contribution in [2.24, 2.45) is 0 Å². The third-order valence-electron chi connectivity index (χ3n) is 3.41. The van der Waals surface area contributed by atoms with Gasteiger partial charge in [0.15, 0.2) is 10.4 Å². The van der Waals surface area contributed by atoms with Crippen LogP contribution < -0.4 is 0 Å². The fourth-order valence-corrected chi connectivity index (χ4v) is 3.16. The lowest BCUT2D eigenvalue weighted by Crippen LogP contribution is -2.09. The molecule has 0 fully saturated rings. The molecule has 0 saturated carbocycles. The fourth-order valence-electron chi connectivity index (χ4n) is 2.45. The van der Waals surface area contributed by atoms with Crippen molar-refractivity contribution >= 4 is 39.3 Å². The smallest absolute Gasteiger partial charge is 0.179 e. The molecule has 3 aromatic rings. The van der Waals surface area contributed by atoms with Gasteiger partial charge in [0, 0.05) is 16.7 Å². The van der Waals surface area contributed by atoms with Crippen molar-refractivity contribution in [3.8, 4) is 0 Å². The molecule has 0 amide bonds. The molecule has 108 valence electrons. The highest BCUT2D eigenvalue weighted by Crippen LogP contribution is 2.22. The molecule has 0 aliphatic heterocycles. The molecular weight excluding hydrogens is 353 g/mol. The Kier molecular flexibility index (Phi) is 3.91. The van der Waals surface area contributed by atoms with Crippen LogP contribution in [0, 0.1) is 10.6 Å². The molecule has 1 aromatic carbocycles. The van der Waals surface area contributed by atoms with Crippen LogP contribution >= 0.6 is 28.1 Å². The van der Waals surface area contributed by atoms with Gasteiger partial charge in [-0.05, 0) is 65.3 Å². The van der Waals surface area contributed by atoms with Crippen LogP contribution in [-0.2, 0) is 6.42 Å². The van der Waals surface area contributed by atoms with E-state index in [1.807, 2.05) is 10.6 Å². The Balaban J connectivity index is 1.97. The van der Waals surface area contributed by atoms with E-state index in [0.29, 0.717) is 4.77 Å². The molecule has 0 radical (unpaired) electrons. The minimum absolute atomic E-state index is 0.130. The maximum Gasteiger partial charge on any atom is 0.179 e. The molecule has 3 rings (SSSR count). The Morgan fingerprint density at radius 1 is 1.38 bits per heavy atom. The van der Waals surface area contributed by atoms with Crippen molar-refractivity contribution in [2.75, 3.05) is 0 Å². The van der Waals surface area contributed by atoms with Crippen molar-refractivity contribution in [3.63, 3.8) is 0 Å². The van der Waals surface area contributed by atoms with Crippen LogP contribution in [0.2, 0.25) is 0 Å². The standard InChI is InChI=1S/C15H13BrFN3S/c1-9(6-10-2-4-12(17)5-3-10)20-14-13(19-15(20)21)7-11(16)8-18-14/h2-5,7-9H,6H2,1H3,(H,19,21). The first kappa shape index (κ1) is 14.4. The summed E-state index contributed by atoms with van der Waals surface area (Å²) in [6.45, 7) is 2.08. The second-order valence-corrected chi connectivity index (χ2v) is 6.31. The Bertz CT molecular complexity index is 838. The summed E-state index contributed by atoms with van der Waals surface area (Å²) >= 11 is 8.80. The number of hydrogen-bond donors (Lipinski definition) is 1. The van der Waals surface area contributed by atoms with E-state index in [1.54, 1.807) is 18.3 Å². The third kappa shape index (κ3) is 2.91. The second-order valence-electron chi connectivity index (χ2n) is 5.00. The van der Waals surface area contributed by atoms with E-state index in [0.717, 1.165) is 27.6 Å². The van der Waals surface area contributed by atoms with Crippen LogP contribution in [0.5, 0.6) is 0 Å². The molecule has 1 atom stereocenters. The SMILES string of the molecule is CC(Cc1ccc(F)cc1)n1c(=S)[nH]c2cc(Br)cnc21. The quantitative estimate of drug-likeness (QED) is 0.676. The van der Waals surface area contributed by atoms with Crippen molar-refractivity contribution in [1.82, 2.24) is 14.5 Å². The van der Waals surface area contributed by atoms with Gasteiger partial charge in [0.25, 0.3) is 0 Å². The molecule has 2 heterocycles. The molecule has 21 heavy (non-hydrogen) atoms. The first-order valence-electron chi connectivity index (χ1n) is 6.55. The highest BCUT2D eigenvalue weighted by molar-refractivity contribution is 9.10. The normalized spacial score (nSPS) is 12.7. The van der Waals surface area contributed by atoms with E-state index in [-0.39, 0.29) is 11.9 Å². The van der Waals surface area contributed by atoms with Crippen molar-refractivity contribution in [2.45, 2.75) is 19.4 Å². The lowest BCUT2D eigenvalue weighted by atomic mass is 10.1. The van der Waals surface area contributed by atoms with Gasteiger partial charge in [-0.1, -0.05) is 12.1 Å². The summed E-state index contributed by atoms with van der Waals surface area (Å²) in [5.41, 5.74) is 2.80. The maximum absolute atomic E-state index is 13.0. The maximum atomic E-state index is 13.0. The van der Waals surface area contributed by atoms with Gasteiger partial charge in [0.2, 0.25) is 0 Å². The summed E-state index contributed by atoms with van der Waals surface area (Å²) in [4.78, 5) is 7.61. The Hall–Kier alpha value is -1.53. The summed E-state index contributed by atoms with van der Waals surface area (Å²) in [6.07, 6.45) is 2.52. The molecule has 0 bridgehead atoms. The molecule has 3 nitrogen and oxygen atoms in total. The number of aromatic amines is 1. The van der Waals surface area contributed by atoms with Gasteiger partial charge in [-0.15, -0.1) is 0 Å². The summed E-state index contributed by atoms with van der Waals surface area (Å²) in [7, 11) is 0. The zero-order valence-corrected chi connectivity index (χ0v) is 13.7. The summed E-state index contributed by atoms with van der Waals surface area (Å²) in [6, 6.07) is 8.64. The number of nitrogens with one attached hydrogen (secondary N) is 1. The number of halogens is 2. The van der Waals surface area contributed by atoms with Crippen molar-refractivity contribution in [3.05, 3.63) is 57.2 Å². The highest BCUT2D eigenvalue weighted by atomic mass is 79.9. The van der Waals surface area contributed by atoms with Gasteiger partial charge < -0.3 is 4.98 Å². The molecule has 2 aromatic heterocycles. The topological polar surface area (TPSA) is 33.6 Å². The number of nitrogens with zero attached hydrogens (tertiary/aromatic N) is 2. The number of benzene rings is 1. The lowest BCUT2D eigenvalue weighted by Gasteiger charge is -2.14. The summed E-state index contributed by atoms with van der Waals surface area (Å²) < 4.78 is 16.5. The van der Waals surface area contributed by atoms with E-state index in [9.17, 15) is 4.39 Å². The van der Waals surface area contributed by atoms with Gasteiger partial charge in [-0.3, -0.25) is 4.57 Å². The van der Waals surface area contributed by atoms with E-state index in [4.69, 9.17) is 12.2 Å². The van der Waals surface area contributed by atoms with Crippen LogP contribution in [-0.4, -0.2) is 14.5 Å².